The van der Waals surface area contributed by atoms with Gasteiger partial charge in [-0.15, -0.1) is 0 Å². The highest BCUT2D eigenvalue weighted by atomic mass is 16.5. The first kappa shape index (κ1) is 14.9. The van der Waals surface area contributed by atoms with Crippen molar-refractivity contribution in [2.75, 3.05) is 33.0 Å². The van der Waals surface area contributed by atoms with E-state index in [1.54, 1.807) is 0 Å². The molecule has 0 fully saturated rings. The van der Waals surface area contributed by atoms with E-state index < -0.39 is 0 Å². The zero-order valence-corrected chi connectivity index (χ0v) is 10.6. The molecule has 0 saturated carbocycles. The van der Waals surface area contributed by atoms with Crippen LogP contribution in [-0.4, -0.2) is 39.1 Å². The van der Waals surface area contributed by atoms with E-state index in [2.05, 4.69) is 6.92 Å². The molecule has 0 heterocycles. The molecule has 0 aromatic heterocycles. The molecular weight excluding hydrogens is 192 g/mol. The standard InChI is InChI=1S/C12H26O3/c1-5-11(9-13-6-2)12(15-8-4)10-14-7-3/h11-12H,5-10H2,1-4H3. The summed E-state index contributed by atoms with van der Waals surface area (Å²) in [7, 11) is 0. The van der Waals surface area contributed by atoms with Gasteiger partial charge in [-0.05, 0) is 27.2 Å². The predicted octanol–water partition coefficient (Wildman–Crippen LogP) is 2.49. The van der Waals surface area contributed by atoms with Crippen molar-refractivity contribution >= 4 is 0 Å². The Hall–Kier alpha value is -0.120. The van der Waals surface area contributed by atoms with E-state index in [9.17, 15) is 0 Å². The number of hydrogen-bond acceptors (Lipinski definition) is 3. The van der Waals surface area contributed by atoms with E-state index >= 15 is 0 Å². The average Bonchev–Trinajstić information content (AvgIpc) is 2.26. The number of rotatable bonds is 10. The maximum atomic E-state index is 5.69. The molecule has 15 heavy (non-hydrogen) atoms. The smallest absolute Gasteiger partial charge is 0.0858 e. The van der Waals surface area contributed by atoms with Gasteiger partial charge in [0, 0.05) is 25.7 Å². The highest BCUT2D eigenvalue weighted by Crippen LogP contribution is 2.14. The van der Waals surface area contributed by atoms with Crippen molar-refractivity contribution in [3.63, 3.8) is 0 Å². The maximum Gasteiger partial charge on any atom is 0.0858 e. The molecule has 0 saturated heterocycles. The summed E-state index contributed by atoms with van der Waals surface area (Å²) in [6, 6.07) is 0. The Morgan fingerprint density at radius 3 is 1.87 bits per heavy atom. The van der Waals surface area contributed by atoms with Crippen molar-refractivity contribution in [2.45, 2.75) is 40.2 Å². The van der Waals surface area contributed by atoms with Crippen LogP contribution in [0.25, 0.3) is 0 Å². The van der Waals surface area contributed by atoms with E-state index in [-0.39, 0.29) is 6.10 Å². The molecule has 0 N–H and O–H groups in total. The number of hydrogen-bond donors (Lipinski definition) is 0. The third kappa shape index (κ3) is 6.88. The van der Waals surface area contributed by atoms with Gasteiger partial charge in [0.25, 0.3) is 0 Å². The van der Waals surface area contributed by atoms with E-state index in [4.69, 9.17) is 14.2 Å². The Kier molecular flexibility index (Phi) is 10.3. The van der Waals surface area contributed by atoms with Crippen molar-refractivity contribution in [1.82, 2.24) is 0 Å². The summed E-state index contributed by atoms with van der Waals surface area (Å²) in [6.07, 6.45) is 1.24. The third-order valence-electron chi connectivity index (χ3n) is 2.45. The lowest BCUT2D eigenvalue weighted by Crippen LogP contribution is -2.32. The highest BCUT2D eigenvalue weighted by molar-refractivity contribution is 4.68. The summed E-state index contributed by atoms with van der Waals surface area (Å²) in [4.78, 5) is 0. The Morgan fingerprint density at radius 2 is 1.40 bits per heavy atom. The minimum absolute atomic E-state index is 0.173. The molecule has 0 aromatic carbocycles. The van der Waals surface area contributed by atoms with Crippen molar-refractivity contribution in [3.8, 4) is 0 Å². The quantitative estimate of drug-likeness (QED) is 0.564. The van der Waals surface area contributed by atoms with Crippen LogP contribution in [0.4, 0.5) is 0 Å². The van der Waals surface area contributed by atoms with Gasteiger partial charge >= 0.3 is 0 Å². The molecule has 0 aromatic rings. The molecule has 0 spiro atoms. The van der Waals surface area contributed by atoms with Crippen molar-refractivity contribution in [1.29, 1.82) is 0 Å². The van der Waals surface area contributed by atoms with Crippen LogP contribution in [0.2, 0.25) is 0 Å². The van der Waals surface area contributed by atoms with Gasteiger partial charge in [0.1, 0.15) is 0 Å². The topological polar surface area (TPSA) is 27.7 Å². The second-order valence-electron chi connectivity index (χ2n) is 3.48. The normalized spacial score (nSPS) is 15.2. The van der Waals surface area contributed by atoms with E-state index in [0.717, 1.165) is 32.8 Å². The molecule has 2 unspecified atom stereocenters. The molecular formula is C12H26O3. The van der Waals surface area contributed by atoms with Crippen molar-refractivity contribution in [2.24, 2.45) is 5.92 Å². The first-order valence-corrected chi connectivity index (χ1v) is 6.07. The van der Waals surface area contributed by atoms with Crippen molar-refractivity contribution < 1.29 is 14.2 Å². The minimum atomic E-state index is 0.173. The SMILES string of the molecule is CCOCC(CC)C(COCC)OCC. The fourth-order valence-corrected chi connectivity index (χ4v) is 1.53. The molecule has 0 aliphatic heterocycles. The van der Waals surface area contributed by atoms with E-state index in [1.807, 2.05) is 20.8 Å². The monoisotopic (exact) mass is 218 g/mol. The van der Waals surface area contributed by atoms with Gasteiger partial charge in [0.15, 0.2) is 0 Å². The molecule has 3 heteroatoms. The van der Waals surface area contributed by atoms with Gasteiger partial charge < -0.3 is 14.2 Å². The molecule has 3 nitrogen and oxygen atoms in total. The van der Waals surface area contributed by atoms with Gasteiger partial charge in [-0.2, -0.15) is 0 Å². The van der Waals surface area contributed by atoms with Crippen LogP contribution < -0.4 is 0 Å². The lowest BCUT2D eigenvalue weighted by molar-refractivity contribution is -0.0607. The predicted molar refractivity (Wildman–Crippen MR) is 62.2 cm³/mol. The van der Waals surface area contributed by atoms with Crippen LogP contribution >= 0.6 is 0 Å². The summed E-state index contributed by atoms with van der Waals surface area (Å²) >= 11 is 0. The molecule has 0 amide bonds. The molecule has 92 valence electrons. The molecule has 0 aliphatic carbocycles. The fourth-order valence-electron chi connectivity index (χ4n) is 1.53. The second-order valence-corrected chi connectivity index (χ2v) is 3.48. The summed E-state index contributed by atoms with van der Waals surface area (Å²) in [5, 5.41) is 0. The fraction of sp³-hybridized carbons (Fsp3) is 1.00. The van der Waals surface area contributed by atoms with Crippen LogP contribution in [0.3, 0.4) is 0 Å². The molecule has 0 rings (SSSR count). The molecule has 0 radical (unpaired) electrons. The highest BCUT2D eigenvalue weighted by Gasteiger charge is 2.20. The lowest BCUT2D eigenvalue weighted by Gasteiger charge is -2.25. The van der Waals surface area contributed by atoms with Crippen molar-refractivity contribution in [3.05, 3.63) is 0 Å². The maximum absolute atomic E-state index is 5.69. The lowest BCUT2D eigenvalue weighted by atomic mass is 10.0. The van der Waals surface area contributed by atoms with Gasteiger partial charge in [0.05, 0.1) is 19.3 Å². The van der Waals surface area contributed by atoms with Crippen LogP contribution in [0.1, 0.15) is 34.1 Å². The van der Waals surface area contributed by atoms with Gasteiger partial charge in [-0.25, -0.2) is 0 Å². The summed E-state index contributed by atoms with van der Waals surface area (Å²) in [5.41, 5.74) is 0. The van der Waals surface area contributed by atoms with Gasteiger partial charge in [0.2, 0.25) is 0 Å². The first-order valence-electron chi connectivity index (χ1n) is 6.07. The summed E-state index contributed by atoms with van der Waals surface area (Å²) in [6.45, 7) is 11.9. The van der Waals surface area contributed by atoms with Crippen LogP contribution in [-0.2, 0) is 14.2 Å². The summed E-state index contributed by atoms with van der Waals surface area (Å²) in [5.74, 6) is 0.441. The first-order chi connectivity index (χ1) is 7.29. The Morgan fingerprint density at radius 1 is 0.800 bits per heavy atom. The Labute approximate surface area is 94.1 Å². The third-order valence-corrected chi connectivity index (χ3v) is 2.45. The van der Waals surface area contributed by atoms with Crippen LogP contribution in [0.15, 0.2) is 0 Å². The largest absolute Gasteiger partial charge is 0.381 e. The Bertz CT molecular complexity index is 128. The average molecular weight is 218 g/mol. The van der Waals surface area contributed by atoms with Gasteiger partial charge in [-0.3, -0.25) is 0 Å². The van der Waals surface area contributed by atoms with E-state index in [1.165, 1.54) is 0 Å². The Balaban J connectivity index is 4.00. The minimum Gasteiger partial charge on any atom is -0.381 e. The van der Waals surface area contributed by atoms with Crippen LogP contribution in [0, 0.1) is 5.92 Å². The zero-order valence-electron chi connectivity index (χ0n) is 10.6. The molecule has 0 aliphatic rings. The summed E-state index contributed by atoms with van der Waals surface area (Å²) < 4.78 is 16.6. The number of ether oxygens (including phenoxy) is 3. The second kappa shape index (κ2) is 10.4. The van der Waals surface area contributed by atoms with E-state index in [0.29, 0.717) is 12.5 Å². The molecule has 2 atom stereocenters. The van der Waals surface area contributed by atoms with Gasteiger partial charge in [-0.1, -0.05) is 6.92 Å². The van der Waals surface area contributed by atoms with Crippen LogP contribution in [0.5, 0.6) is 0 Å². The molecule has 0 bridgehead atoms. The zero-order chi connectivity index (χ0) is 11.5.